The summed E-state index contributed by atoms with van der Waals surface area (Å²) in [6.45, 7) is 5.45. The van der Waals surface area contributed by atoms with E-state index in [2.05, 4.69) is 10.6 Å². The van der Waals surface area contributed by atoms with Gasteiger partial charge in [0.1, 0.15) is 10.9 Å². The van der Waals surface area contributed by atoms with Gasteiger partial charge in [-0.3, -0.25) is 14.4 Å². The van der Waals surface area contributed by atoms with Crippen molar-refractivity contribution in [3.05, 3.63) is 16.3 Å². The lowest BCUT2D eigenvalue weighted by atomic mass is 10.1. The van der Waals surface area contributed by atoms with Crippen LogP contribution in [0.5, 0.6) is 0 Å². The highest BCUT2D eigenvalue weighted by molar-refractivity contribution is 7.12. The van der Waals surface area contributed by atoms with E-state index in [0.717, 1.165) is 0 Å². The van der Waals surface area contributed by atoms with E-state index < -0.39 is 6.04 Å². The Morgan fingerprint density at radius 1 is 1.39 bits per heavy atom. The minimum absolute atomic E-state index is 0.00652. The zero-order valence-corrected chi connectivity index (χ0v) is 14.3. The van der Waals surface area contributed by atoms with E-state index in [0.29, 0.717) is 23.5 Å². The van der Waals surface area contributed by atoms with E-state index in [-0.39, 0.29) is 29.8 Å². The fourth-order valence-corrected chi connectivity index (χ4v) is 3.42. The lowest BCUT2D eigenvalue weighted by Gasteiger charge is -2.24. The number of anilines is 1. The molecule has 23 heavy (non-hydrogen) atoms. The van der Waals surface area contributed by atoms with Crippen LogP contribution in [0.25, 0.3) is 0 Å². The highest BCUT2D eigenvalue weighted by Gasteiger charge is 2.39. The topological polar surface area (TPSA) is 105 Å². The van der Waals surface area contributed by atoms with Gasteiger partial charge in [-0.05, 0) is 31.7 Å². The quantitative estimate of drug-likeness (QED) is 0.754. The van der Waals surface area contributed by atoms with Gasteiger partial charge in [0.15, 0.2) is 0 Å². The lowest BCUT2D eigenvalue weighted by Crippen LogP contribution is -2.47. The van der Waals surface area contributed by atoms with E-state index in [4.69, 9.17) is 5.73 Å². The summed E-state index contributed by atoms with van der Waals surface area (Å²) in [5.74, 6) is -0.718. The number of carbonyl (C=O) groups is 3. The first-order valence-corrected chi connectivity index (χ1v) is 8.39. The van der Waals surface area contributed by atoms with Crippen molar-refractivity contribution in [3.63, 3.8) is 0 Å². The smallest absolute Gasteiger partial charge is 0.266 e. The predicted octanol–water partition coefficient (Wildman–Crippen LogP) is 0.773. The predicted molar refractivity (Wildman–Crippen MR) is 89.3 cm³/mol. The van der Waals surface area contributed by atoms with Crippen molar-refractivity contribution < 1.29 is 14.4 Å². The van der Waals surface area contributed by atoms with Crippen LogP contribution < -0.4 is 16.4 Å². The average molecular weight is 338 g/mol. The number of rotatable bonds is 4. The Balaban J connectivity index is 2.21. The first kappa shape index (κ1) is 17.4. The Morgan fingerprint density at radius 3 is 2.70 bits per heavy atom. The Kier molecular flexibility index (Phi) is 5.38. The van der Waals surface area contributed by atoms with Crippen LogP contribution in [-0.2, 0) is 9.59 Å². The van der Waals surface area contributed by atoms with Crippen molar-refractivity contribution in [1.29, 1.82) is 0 Å². The molecule has 2 rings (SSSR count). The Labute approximate surface area is 139 Å². The van der Waals surface area contributed by atoms with E-state index in [9.17, 15) is 14.4 Å². The molecule has 7 nitrogen and oxygen atoms in total. The van der Waals surface area contributed by atoms with Crippen molar-refractivity contribution in [2.45, 2.75) is 45.3 Å². The minimum atomic E-state index is -0.577. The zero-order chi connectivity index (χ0) is 17.1. The summed E-state index contributed by atoms with van der Waals surface area (Å²) in [4.78, 5) is 38.3. The summed E-state index contributed by atoms with van der Waals surface area (Å²) in [5.41, 5.74) is 6.42. The molecular formula is C15H22N4O3S. The summed E-state index contributed by atoms with van der Waals surface area (Å²) in [6, 6.07) is 0.865. The molecule has 1 saturated heterocycles. The normalized spacial score (nSPS) is 20.7. The third-order valence-corrected chi connectivity index (χ3v) is 4.40. The van der Waals surface area contributed by atoms with Gasteiger partial charge in [-0.15, -0.1) is 11.3 Å². The molecular weight excluding hydrogens is 316 g/mol. The first-order chi connectivity index (χ1) is 10.8. The summed E-state index contributed by atoms with van der Waals surface area (Å²) >= 11 is 1.24. The molecule has 2 atom stereocenters. The number of likely N-dealkylation sites (tertiary alicyclic amines) is 1. The third kappa shape index (κ3) is 4.08. The second-order valence-electron chi connectivity index (χ2n) is 5.98. The molecule has 8 heteroatoms. The number of hydrogen-bond acceptors (Lipinski definition) is 5. The van der Waals surface area contributed by atoms with Crippen LogP contribution in [-0.4, -0.2) is 47.3 Å². The zero-order valence-electron chi connectivity index (χ0n) is 13.5. The average Bonchev–Trinajstić information content (AvgIpc) is 3.03. The number of nitrogens with zero attached hydrogens (tertiary/aromatic N) is 1. The molecule has 2 heterocycles. The van der Waals surface area contributed by atoms with Crippen LogP contribution in [0.4, 0.5) is 5.69 Å². The number of thiophene rings is 1. The van der Waals surface area contributed by atoms with Gasteiger partial charge in [-0.25, -0.2) is 0 Å². The maximum atomic E-state index is 12.8. The molecule has 0 unspecified atom stereocenters. The molecule has 0 aromatic carbocycles. The maximum Gasteiger partial charge on any atom is 0.266 e. The number of amides is 3. The van der Waals surface area contributed by atoms with E-state index in [1.807, 2.05) is 13.8 Å². The molecule has 0 aliphatic carbocycles. The molecule has 1 fully saturated rings. The van der Waals surface area contributed by atoms with Crippen LogP contribution in [0.15, 0.2) is 11.4 Å². The van der Waals surface area contributed by atoms with Crippen LogP contribution in [0.1, 0.15) is 36.9 Å². The fraction of sp³-hybridized carbons (Fsp3) is 0.533. The summed E-state index contributed by atoms with van der Waals surface area (Å²) < 4.78 is 0. The summed E-state index contributed by atoms with van der Waals surface area (Å²) in [7, 11) is 0. The van der Waals surface area contributed by atoms with Crippen LogP contribution in [0.2, 0.25) is 0 Å². The van der Waals surface area contributed by atoms with Crippen molar-refractivity contribution in [3.8, 4) is 0 Å². The van der Waals surface area contributed by atoms with Gasteiger partial charge in [0.25, 0.3) is 5.91 Å². The van der Waals surface area contributed by atoms with Gasteiger partial charge in [0, 0.05) is 25.6 Å². The van der Waals surface area contributed by atoms with Crippen LogP contribution >= 0.6 is 11.3 Å². The van der Waals surface area contributed by atoms with Crippen molar-refractivity contribution in [2.24, 2.45) is 5.73 Å². The molecule has 1 aromatic heterocycles. The van der Waals surface area contributed by atoms with Gasteiger partial charge in [0.05, 0.1) is 5.69 Å². The largest absolute Gasteiger partial charge is 0.352 e. The third-order valence-electron chi connectivity index (χ3n) is 3.50. The highest BCUT2D eigenvalue weighted by Crippen LogP contribution is 2.28. The lowest BCUT2D eigenvalue weighted by molar-refractivity contribution is -0.125. The number of hydrogen-bond donors (Lipinski definition) is 3. The molecule has 3 amide bonds. The molecule has 0 bridgehead atoms. The number of nitrogens with one attached hydrogen (secondary N) is 2. The minimum Gasteiger partial charge on any atom is -0.352 e. The van der Waals surface area contributed by atoms with E-state index >= 15 is 0 Å². The van der Waals surface area contributed by atoms with Gasteiger partial charge < -0.3 is 21.3 Å². The van der Waals surface area contributed by atoms with Crippen LogP contribution in [0, 0.1) is 0 Å². The molecule has 126 valence electrons. The fourth-order valence-electron chi connectivity index (χ4n) is 2.62. The second-order valence-corrected chi connectivity index (χ2v) is 6.89. The van der Waals surface area contributed by atoms with Crippen molar-refractivity contribution in [1.82, 2.24) is 10.2 Å². The molecule has 0 radical (unpaired) electrons. The van der Waals surface area contributed by atoms with Gasteiger partial charge in [-0.2, -0.15) is 0 Å². The monoisotopic (exact) mass is 338 g/mol. The SMILES string of the molecule is CC(=O)Nc1ccsc1C(=O)N1C[C@@H](N)C[C@H]1C(=O)NC(C)C. The van der Waals surface area contributed by atoms with Crippen molar-refractivity contribution >= 4 is 34.7 Å². The van der Waals surface area contributed by atoms with Crippen molar-refractivity contribution in [2.75, 3.05) is 11.9 Å². The molecule has 0 spiro atoms. The second kappa shape index (κ2) is 7.10. The van der Waals surface area contributed by atoms with Gasteiger partial charge >= 0.3 is 0 Å². The number of nitrogens with two attached hydrogens (primary N) is 1. The Hall–Kier alpha value is -1.93. The van der Waals surface area contributed by atoms with E-state index in [1.165, 1.54) is 23.2 Å². The molecule has 1 aliphatic heterocycles. The maximum absolute atomic E-state index is 12.8. The molecule has 1 aliphatic rings. The molecule has 0 saturated carbocycles. The Bertz CT molecular complexity index is 614. The van der Waals surface area contributed by atoms with E-state index in [1.54, 1.807) is 11.4 Å². The summed E-state index contributed by atoms with van der Waals surface area (Å²) in [6.07, 6.45) is 0.436. The first-order valence-electron chi connectivity index (χ1n) is 7.51. The van der Waals surface area contributed by atoms with Gasteiger partial charge in [0.2, 0.25) is 11.8 Å². The number of carbonyl (C=O) groups excluding carboxylic acids is 3. The molecule has 4 N–H and O–H groups in total. The standard InChI is InChI=1S/C15H22N4O3S/c1-8(2)17-14(21)12-6-10(16)7-19(12)15(22)13-11(4-5-23-13)18-9(3)20/h4-5,8,10,12H,6-7,16H2,1-3H3,(H,17,21)(H,18,20)/t10-,12-/m0/s1. The van der Waals surface area contributed by atoms with Crippen LogP contribution in [0.3, 0.4) is 0 Å². The molecule has 1 aromatic rings. The highest BCUT2D eigenvalue weighted by atomic mass is 32.1. The summed E-state index contributed by atoms with van der Waals surface area (Å²) in [5, 5.41) is 7.20. The Morgan fingerprint density at radius 2 is 2.09 bits per heavy atom. The van der Waals surface area contributed by atoms with Gasteiger partial charge in [-0.1, -0.05) is 0 Å².